The lowest BCUT2D eigenvalue weighted by molar-refractivity contribution is 0.470. The minimum Gasteiger partial charge on any atom is -0.356 e. The van der Waals surface area contributed by atoms with Crippen LogP contribution in [0.2, 0.25) is 0 Å². The quantitative estimate of drug-likeness (QED) is 0.463. The summed E-state index contributed by atoms with van der Waals surface area (Å²) in [4.78, 5) is 4.53. The molecule has 124 valence electrons. The van der Waals surface area contributed by atoms with Gasteiger partial charge in [-0.05, 0) is 18.9 Å². The van der Waals surface area contributed by atoms with Crippen LogP contribution in [-0.2, 0) is 20.1 Å². The Kier molecular flexibility index (Phi) is 6.53. The van der Waals surface area contributed by atoms with Crippen LogP contribution in [0.3, 0.4) is 0 Å². The number of benzene rings is 1. The number of aromatic nitrogens is 3. The van der Waals surface area contributed by atoms with Gasteiger partial charge in [0.1, 0.15) is 5.82 Å². The number of rotatable bonds is 7. The minimum atomic E-state index is -0.346. The second-order valence-corrected chi connectivity index (χ2v) is 5.20. The molecule has 0 fully saturated rings. The van der Waals surface area contributed by atoms with E-state index < -0.39 is 0 Å². The molecule has 1 aromatic heterocycles. The van der Waals surface area contributed by atoms with Gasteiger partial charge >= 0.3 is 0 Å². The molecule has 2 N–H and O–H groups in total. The summed E-state index contributed by atoms with van der Waals surface area (Å²) in [6.45, 7) is 3.16. The van der Waals surface area contributed by atoms with Crippen LogP contribution in [0.25, 0.3) is 0 Å². The molecule has 0 bridgehead atoms. The van der Waals surface area contributed by atoms with E-state index in [9.17, 15) is 4.39 Å². The van der Waals surface area contributed by atoms with Crippen LogP contribution in [0.4, 0.5) is 4.39 Å². The zero-order chi connectivity index (χ0) is 16.5. The molecular formula is C16H23FN6. The van der Waals surface area contributed by atoms with E-state index >= 15 is 0 Å². The molecular weight excluding hydrogens is 295 g/mol. The molecule has 0 aliphatic heterocycles. The van der Waals surface area contributed by atoms with Crippen molar-refractivity contribution < 1.29 is 4.39 Å². The number of aliphatic imine (C=N–C) groups is 1. The summed E-state index contributed by atoms with van der Waals surface area (Å²) in [5, 5.41) is 14.5. The van der Waals surface area contributed by atoms with Gasteiger partial charge in [0.15, 0.2) is 11.8 Å². The van der Waals surface area contributed by atoms with Crippen molar-refractivity contribution in [3.8, 4) is 0 Å². The van der Waals surface area contributed by atoms with Gasteiger partial charge in [0, 0.05) is 13.6 Å². The number of guanidine groups is 1. The number of hydrogen-bond acceptors (Lipinski definition) is 3. The molecule has 1 aromatic carbocycles. The van der Waals surface area contributed by atoms with Gasteiger partial charge in [0.25, 0.3) is 0 Å². The van der Waals surface area contributed by atoms with Crippen molar-refractivity contribution >= 4 is 5.96 Å². The zero-order valence-corrected chi connectivity index (χ0v) is 13.6. The van der Waals surface area contributed by atoms with Crippen LogP contribution in [-0.4, -0.2) is 33.9 Å². The fraction of sp³-hybridized carbons (Fsp3) is 0.438. The second-order valence-electron chi connectivity index (χ2n) is 5.20. The molecule has 0 amide bonds. The average molecular weight is 318 g/mol. The maximum atomic E-state index is 12.3. The van der Waals surface area contributed by atoms with Crippen LogP contribution >= 0.6 is 0 Å². The SMILES string of the molecule is Cc1nnc(CNC(=NCc2ccccc2)NCCCF)n1C. The van der Waals surface area contributed by atoms with Gasteiger partial charge in [-0.3, -0.25) is 4.39 Å². The third-order valence-electron chi connectivity index (χ3n) is 3.46. The lowest BCUT2D eigenvalue weighted by Crippen LogP contribution is -2.38. The predicted octanol–water partition coefficient (Wildman–Crippen LogP) is 1.72. The van der Waals surface area contributed by atoms with E-state index in [1.807, 2.05) is 48.9 Å². The van der Waals surface area contributed by atoms with Crippen LogP contribution in [0, 0.1) is 6.92 Å². The molecule has 2 aromatic rings. The second kappa shape index (κ2) is 8.87. The Labute approximate surface area is 135 Å². The number of hydrogen-bond donors (Lipinski definition) is 2. The Balaban J connectivity index is 1.96. The molecule has 0 unspecified atom stereocenters. The van der Waals surface area contributed by atoms with Gasteiger partial charge in [-0.2, -0.15) is 0 Å². The Hall–Kier alpha value is -2.44. The molecule has 0 aliphatic carbocycles. The maximum absolute atomic E-state index is 12.3. The van der Waals surface area contributed by atoms with Gasteiger partial charge in [-0.15, -0.1) is 10.2 Å². The molecule has 0 saturated heterocycles. The summed E-state index contributed by atoms with van der Waals surface area (Å²) in [5.74, 6) is 2.32. The monoisotopic (exact) mass is 318 g/mol. The Bertz CT molecular complexity index is 623. The van der Waals surface area contributed by atoms with Crippen molar-refractivity contribution in [3.05, 3.63) is 47.5 Å². The van der Waals surface area contributed by atoms with Crippen molar-refractivity contribution in [2.45, 2.75) is 26.4 Å². The van der Waals surface area contributed by atoms with E-state index in [4.69, 9.17) is 0 Å². The van der Waals surface area contributed by atoms with E-state index in [1.54, 1.807) is 0 Å². The molecule has 0 atom stereocenters. The first-order valence-electron chi connectivity index (χ1n) is 7.67. The van der Waals surface area contributed by atoms with E-state index in [-0.39, 0.29) is 6.67 Å². The van der Waals surface area contributed by atoms with Crippen molar-refractivity contribution in [1.82, 2.24) is 25.4 Å². The summed E-state index contributed by atoms with van der Waals surface area (Å²) in [7, 11) is 1.92. The molecule has 6 nitrogen and oxygen atoms in total. The van der Waals surface area contributed by atoms with E-state index in [0.29, 0.717) is 32.0 Å². The van der Waals surface area contributed by atoms with Crippen LogP contribution in [0.1, 0.15) is 23.6 Å². The topological polar surface area (TPSA) is 67.1 Å². The number of halogens is 1. The van der Waals surface area contributed by atoms with E-state index in [2.05, 4.69) is 25.8 Å². The summed E-state index contributed by atoms with van der Waals surface area (Å²) in [5.41, 5.74) is 1.12. The lowest BCUT2D eigenvalue weighted by atomic mass is 10.2. The smallest absolute Gasteiger partial charge is 0.191 e. The largest absolute Gasteiger partial charge is 0.356 e. The van der Waals surface area contributed by atoms with Crippen LogP contribution in [0.5, 0.6) is 0 Å². The van der Waals surface area contributed by atoms with Gasteiger partial charge in [0.2, 0.25) is 0 Å². The summed E-state index contributed by atoms with van der Waals surface area (Å²) in [6, 6.07) is 9.99. The van der Waals surface area contributed by atoms with Crippen molar-refractivity contribution in [2.24, 2.45) is 12.0 Å². The van der Waals surface area contributed by atoms with Gasteiger partial charge in [0.05, 0.1) is 19.8 Å². The summed E-state index contributed by atoms with van der Waals surface area (Å²) < 4.78 is 14.2. The average Bonchev–Trinajstić information content (AvgIpc) is 2.90. The zero-order valence-electron chi connectivity index (χ0n) is 13.6. The Morgan fingerprint density at radius 1 is 1.22 bits per heavy atom. The third-order valence-corrected chi connectivity index (χ3v) is 3.46. The predicted molar refractivity (Wildman–Crippen MR) is 88.8 cm³/mol. The molecule has 0 saturated carbocycles. The highest BCUT2D eigenvalue weighted by Gasteiger charge is 2.06. The fourth-order valence-electron chi connectivity index (χ4n) is 1.97. The van der Waals surface area contributed by atoms with Crippen LogP contribution < -0.4 is 10.6 Å². The number of alkyl halides is 1. The summed E-state index contributed by atoms with van der Waals surface area (Å²) in [6.07, 6.45) is 0.453. The van der Waals surface area contributed by atoms with E-state index in [1.165, 1.54) is 0 Å². The van der Waals surface area contributed by atoms with Gasteiger partial charge in [-0.1, -0.05) is 30.3 Å². The number of aryl methyl sites for hydroxylation is 1. The molecule has 0 aliphatic rings. The standard InChI is InChI=1S/C16H23FN6/c1-13-21-22-15(23(13)2)12-20-16(18-10-6-9-17)19-11-14-7-4-3-5-8-14/h3-5,7-8H,6,9-12H2,1-2H3,(H2,18,19,20). The fourth-order valence-corrected chi connectivity index (χ4v) is 1.97. The first-order chi connectivity index (χ1) is 11.2. The maximum Gasteiger partial charge on any atom is 0.191 e. The first-order valence-corrected chi connectivity index (χ1v) is 7.67. The highest BCUT2D eigenvalue weighted by atomic mass is 19.1. The van der Waals surface area contributed by atoms with Crippen molar-refractivity contribution in [2.75, 3.05) is 13.2 Å². The van der Waals surface area contributed by atoms with Gasteiger partial charge < -0.3 is 15.2 Å². The minimum absolute atomic E-state index is 0.346. The molecule has 7 heteroatoms. The Morgan fingerprint density at radius 3 is 2.65 bits per heavy atom. The summed E-state index contributed by atoms with van der Waals surface area (Å²) >= 11 is 0. The number of nitrogens with one attached hydrogen (secondary N) is 2. The van der Waals surface area contributed by atoms with Crippen molar-refractivity contribution in [1.29, 1.82) is 0 Å². The molecule has 2 rings (SSSR count). The Morgan fingerprint density at radius 2 is 2.00 bits per heavy atom. The van der Waals surface area contributed by atoms with Crippen molar-refractivity contribution in [3.63, 3.8) is 0 Å². The highest BCUT2D eigenvalue weighted by Crippen LogP contribution is 2.00. The lowest BCUT2D eigenvalue weighted by Gasteiger charge is -2.12. The van der Waals surface area contributed by atoms with E-state index in [0.717, 1.165) is 17.2 Å². The highest BCUT2D eigenvalue weighted by molar-refractivity contribution is 5.79. The molecule has 23 heavy (non-hydrogen) atoms. The molecule has 0 spiro atoms. The third kappa shape index (κ3) is 5.36. The molecule has 1 heterocycles. The number of nitrogens with zero attached hydrogens (tertiary/aromatic N) is 4. The van der Waals surface area contributed by atoms with Gasteiger partial charge in [-0.25, -0.2) is 4.99 Å². The first kappa shape index (κ1) is 16.9. The molecule has 0 radical (unpaired) electrons. The normalized spacial score (nSPS) is 11.5. The van der Waals surface area contributed by atoms with Crippen LogP contribution in [0.15, 0.2) is 35.3 Å².